The van der Waals surface area contributed by atoms with E-state index in [1.807, 2.05) is 4.90 Å². The molecule has 4 nitrogen and oxygen atoms in total. The number of ether oxygens (including phenoxy) is 1. The Hall–Kier alpha value is -0.610. The quantitative estimate of drug-likeness (QED) is 0.801. The first-order chi connectivity index (χ1) is 8.31. The van der Waals surface area contributed by atoms with Crippen LogP contribution in [0.15, 0.2) is 0 Å². The van der Waals surface area contributed by atoms with Crippen molar-refractivity contribution in [3.05, 3.63) is 0 Å². The van der Waals surface area contributed by atoms with Crippen molar-refractivity contribution < 1.29 is 9.53 Å². The van der Waals surface area contributed by atoms with E-state index in [1.165, 1.54) is 6.42 Å². The van der Waals surface area contributed by atoms with Gasteiger partial charge in [0.25, 0.3) is 0 Å². The van der Waals surface area contributed by atoms with E-state index < -0.39 is 0 Å². The molecule has 2 heterocycles. The summed E-state index contributed by atoms with van der Waals surface area (Å²) in [6.45, 7) is 5.70. The summed E-state index contributed by atoms with van der Waals surface area (Å²) in [5, 5.41) is 3.32. The highest BCUT2D eigenvalue weighted by molar-refractivity contribution is 5.77. The van der Waals surface area contributed by atoms with Crippen LogP contribution in [-0.2, 0) is 9.53 Å². The van der Waals surface area contributed by atoms with Crippen molar-refractivity contribution in [1.29, 1.82) is 0 Å². The Morgan fingerprint density at radius 1 is 1.41 bits per heavy atom. The molecule has 2 rings (SSSR count). The molecule has 4 heteroatoms. The summed E-state index contributed by atoms with van der Waals surface area (Å²) in [7, 11) is 0. The van der Waals surface area contributed by atoms with Crippen LogP contribution in [0, 0.1) is 0 Å². The number of hydrogen-bond acceptors (Lipinski definition) is 3. The van der Waals surface area contributed by atoms with E-state index in [9.17, 15) is 4.79 Å². The molecule has 2 saturated heterocycles. The zero-order valence-electron chi connectivity index (χ0n) is 10.8. The third-order valence-electron chi connectivity index (χ3n) is 3.81. The summed E-state index contributed by atoms with van der Waals surface area (Å²) in [6.07, 6.45) is 5.23. The summed E-state index contributed by atoms with van der Waals surface area (Å²) >= 11 is 0. The monoisotopic (exact) mass is 240 g/mol. The number of rotatable bonds is 4. The zero-order chi connectivity index (χ0) is 12.1. The van der Waals surface area contributed by atoms with Crippen molar-refractivity contribution in [2.24, 2.45) is 0 Å². The van der Waals surface area contributed by atoms with Crippen LogP contribution in [0.3, 0.4) is 0 Å². The van der Waals surface area contributed by atoms with Gasteiger partial charge in [0.15, 0.2) is 0 Å². The molecule has 17 heavy (non-hydrogen) atoms. The van der Waals surface area contributed by atoms with Gasteiger partial charge in [-0.1, -0.05) is 0 Å². The van der Waals surface area contributed by atoms with Crippen molar-refractivity contribution in [2.45, 2.75) is 51.2 Å². The van der Waals surface area contributed by atoms with Crippen LogP contribution >= 0.6 is 0 Å². The number of nitrogens with zero attached hydrogens (tertiary/aromatic N) is 1. The molecule has 0 saturated carbocycles. The first-order valence-electron chi connectivity index (χ1n) is 6.93. The minimum Gasteiger partial charge on any atom is -0.378 e. The Morgan fingerprint density at radius 2 is 2.29 bits per heavy atom. The molecule has 0 aromatic heterocycles. The van der Waals surface area contributed by atoms with Gasteiger partial charge in [0.2, 0.25) is 5.91 Å². The van der Waals surface area contributed by atoms with E-state index in [1.54, 1.807) is 0 Å². The van der Waals surface area contributed by atoms with Crippen molar-refractivity contribution in [3.63, 3.8) is 0 Å². The molecule has 2 aliphatic heterocycles. The molecule has 0 bridgehead atoms. The molecule has 1 N–H and O–H groups in total. The van der Waals surface area contributed by atoms with Crippen LogP contribution in [0.25, 0.3) is 0 Å². The fourth-order valence-corrected chi connectivity index (χ4v) is 2.82. The average Bonchev–Trinajstić information content (AvgIpc) is 2.85. The molecule has 0 aliphatic carbocycles. The predicted octanol–water partition coefficient (Wildman–Crippen LogP) is 1.16. The standard InChI is InChI=1S/C13H24N2O2/c1-2-15(11-6-7-14-10-11)13(16)9-12-5-3-4-8-17-12/h11-12,14H,2-10H2,1H3. The van der Waals surface area contributed by atoms with Crippen LogP contribution in [0.1, 0.15) is 39.0 Å². The minimum absolute atomic E-state index is 0.166. The van der Waals surface area contributed by atoms with Gasteiger partial charge < -0.3 is 15.0 Å². The van der Waals surface area contributed by atoms with E-state index >= 15 is 0 Å². The average molecular weight is 240 g/mol. The smallest absolute Gasteiger partial charge is 0.225 e. The Morgan fingerprint density at radius 3 is 2.88 bits per heavy atom. The van der Waals surface area contributed by atoms with Crippen LogP contribution in [-0.4, -0.2) is 49.2 Å². The Balaban J connectivity index is 1.83. The number of carbonyl (C=O) groups excluding carboxylic acids is 1. The largest absolute Gasteiger partial charge is 0.378 e. The molecular weight excluding hydrogens is 216 g/mol. The number of likely N-dealkylation sites (N-methyl/N-ethyl adjacent to an activating group) is 1. The van der Waals surface area contributed by atoms with Crippen LogP contribution in [0.2, 0.25) is 0 Å². The molecule has 0 aromatic rings. The molecule has 2 fully saturated rings. The van der Waals surface area contributed by atoms with Gasteiger partial charge in [0, 0.05) is 25.7 Å². The van der Waals surface area contributed by atoms with Crippen LogP contribution in [0.5, 0.6) is 0 Å². The lowest BCUT2D eigenvalue weighted by Gasteiger charge is -2.30. The number of nitrogens with one attached hydrogen (secondary N) is 1. The molecule has 0 radical (unpaired) electrons. The normalized spacial score (nSPS) is 29.2. The first-order valence-corrected chi connectivity index (χ1v) is 6.93. The Kier molecular flexibility index (Phi) is 4.80. The van der Waals surface area contributed by atoms with Crippen LogP contribution < -0.4 is 5.32 Å². The lowest BCUT2D eigenvalue weighted by molar-refractivity contribution is -0.136. The van der Waals surface area contributed by atoms with Crippen LogP contribution in [0.4, 0.5) is 0 Å². The third kappa shape index (κ3) is 3.42. The Bertz CT molecular complexity index is 246. The van der Waals surface area contributed by atoms with E-state index in [-0.39, 0.29) is 12.0 Å². The summed E-state index contributed by atoms with van der Waals surface area (Å²) in [4.78, 5) is 14.3. The Labute approximate surface area is 104 Å². The molecule has 0 spiro atoms. The highest BCUT2D eigenvalue weighted by Gasteiger charge is 2.27. The molecule has 2 atom stereocenters. The topological polar surface area (TPSA) is 41.6 Å². The minimum atomic E-state index is 0.166. The lowest BCUT2D eigenvalue weighted by atomic mass is 10.0. The fraction of sp³-hybridized carbons (Fsp3) is 0.923. The maximum atomic E-state index is 12.2. The lowest BCUT2D eigenvalue weighted by Crippen LogP contribution is -2.43. The molecule has 2 aliphatic rings. The summed E-state index contributed by atoms with van der Waals surface area (Å²) in [6, 6.07) is 0.399. The van der Waals surface area contributed by atoms with Crippen molar-refractivity contribution in [1.82, 2.24) is 10.2 Å². The number of amides is 1. The molecule has 0 aromatic carbocycles. The van der Waals surface area contributed by atoms with Gasteiger partial charge in [-0.3, -0.25) is 4.79 Å². The van der Waals surface area contributed by atoms with Gasteiger partial charge in [-0.2, -0.15) is 0 Å². The summed E-state index contributed by atoms with van der Waals surface area (Å²) < 4.78 is 5.64. The van der Waals surface area contributed by atoms with E-state index in [4.69, 9.17) is 4.74 Å². The second-order valence-electron chi connectivity index (χ2n) is 5.02. The second-order valence-corrected chi connectivity index (χ2v) is 5.02. The van der Waals surface area contributed by atoms with Crippen molar-refractivity contribution >= 4 is 5.91 Å². The third-order valence-corrected chi connectivity index (χ3v) is 3.81. The van der Waals surface area contributed by atoms with E-state index in [0.717, 1.165) is 45.5 Å². The highest BCUT2D eigenvalue weighted by atomic mass is 16.5. The zero-order valence-corrected chi connectivity index (χ0v) is 10.8. The predicted molar refractivity (Wildman–Crippen MR) is 66.9 cm³/mol. The van der Waals surface area contributed by atoms with Gasteiger partial charge in [-0.15, -0.1) is 0 Å². The van der Waals surface area contributed by atoms with Gasteiger partial charge >= 0.3 is 0 Å². The van der Waals surface area contributed by atoms with Crippen molar-refractivity contribution in [2.75, 3.05) is 26.2 Å². The fourth-order valence-electron chi connectivity index (χ4n) is 2.82. The van der Waals surface area contributed by atoms with Crippen molar-refractivity contribution in [3.8, 4) is 0 Å². The van der Waals surface area contributed by atoms with E-state index in [2.05, 4.69) is 12.2 Å². The molecular formula is C13H24N2O2. The van der Waals surface area contributed by atoms with Gasteiger partial charge in [-0.05, 0) is 39.2 Å². The second kappa shape index (κ2) is 6.36. The molecule has 1 amide bonds. The van der Waals surface area contributed by atoms with Gasteiger partial charge in [0.05, 0.1) is 12.5 Å². The van der Waals surface area contributed by atoms with E-state index in [0.29, 0.717) is 12.5 Å². The van der Waals surface area contributed by atoms with Gasteiger partial charge in [0.1, 0.15) is 0 Å². The first kappa shape index (κ1) is 12.8. The maximum Gasteiger partial charge on any atom is 0.225 e. The molecule has 2 unspecified atom stereocenters. The maximum absolute atomic E-state index is 12.2. The molecule has 98 valence electrons. The number of carbonyl (C=O) groups is 1. The number of hydrogen-bond donors (Lipinski definition) is 1. The van der Waals surface area contributed by atoms with Gasteiger partial charge in [-0.25, -0.2) is 0 Å². The summed E-state index contributed by atoms with van der Waals surface area (Å²) in [5.41, 5.74) is 0. The highest BCUT2D eigenvalue weighted by Crippen LogP contribution is 2.18. The summed E-state index contributed by atoms with van der Waals surface area (Å²) in [5.74, 6) is 0.271. The SMILES string of the molecule is CCN(C(=O)CC1CCCCO1)C1CCNC1.